The van der Waals surface area contributed by atoms with Crippen LogP contribution in [0, 0.1) is 0 Å². The molecule has 0 unspecified atom stereocenters. The monoisotopic (exact) mass is 276 g/mol. The third kappa shape index (κ3) is 3.01. The summed E-state index contributed by atoms with van der Waals surface area (Å²) in [6.07, 6.45) is 0.881. The van der Waals surface area contributed by atoms with Crippen LogP contribution in [0.3, 0.4) is 0 Å². The Hall–Kier alpha value is -2.24. The van der Waals surface area contributed by atoms with Gasteiger partial charge in [0, 0.05) is 19.6 Å². The number of carbonyl (C=O) groups excluding carboxylic acids is 2. The number of nitrogen functional groups attached to an aromatic ring is 1. The number of hydrogen-bond donors (Lipinski definition) is 2. The molecule has 3 amide bonds. The summed E-state index contributed by atoms with van der Waals surface area (Å²) in [6, 6.07) is 7.08. The number of nitrogens with two attached hydrogens (primary N) is 1. The molecule has 1 saturated heterocycles. The maximum absolute atomic E-state index is 12.3. The summed E-state index contributed by atoms with van der Waals surface area (Å²) in [7, 11) is 0. The van der Waals surface area contributed by atoms with Crippen LogP contribution in [0.5, 0.6) is 0 Å². The van der Waals surface area contributed by atoms with E-state index in [1.165, 1.54) is 4.90 Å². The molecule has 0 saturated carbocycles. The largest absolute Gasteiger partial charge is 0.397 e. The first-order valence-electron chi connectivity index (χ1n) is 6.81. The van der Waals surface area contributed by atoms with Crippen molar-refractivity contribution < 1.29 is 9.59 Å². The number of nitrogens with one attached hydrogen (secondary N) is 1. The molecule has 0 bridgehead atoms. The van der Waals surface area contributed by atoms with E-state index >= 15 is 0 Å². The van der Waals surface area contributed by atoms with E-state index in [0.717, 1.165) is 6.42 Å². The second kappa shape index (κ2) is 6.27. The van der Waals surface area contributed by atoms with Gasteiger partial charge in [-0.05, 0) is 18.6 Å². The zero-order valence-corrected chi connectivity index (χ0v) is 11.6. The first-order valence-corrected chi connectivity index (χ1v) is 6.81. The lowest BCUT2D eigenvalue weighted by Crippen LogP contribution is -2.40. The van der Waals surface area contributed by atoms with Crippen LogP contribution in [0.2, 0.25) is 0 Å². The number of anilines is 2. The van der Waals surface area contributed by atoms with E-state index in [1.807, 2.05) is 25.1 Å². The minimum absolute atomic E-state index is 0.0993. The molecular formula is C14H20N4O2. The molecule has 1 aliphatic heterocycles. The molecule has 108 valence electrons. The SMILES string of the molecule is CCCNC(=O)CN1CCN(c2ccccc2N)C1=O. The Morgan fingerprint density at radius 1 is 1.35 bits per heavy atom. The van der Waals surface area contributed by atoms with Crippen LogP contribution < -0.4 is 16.0 Å². The summed E-state index contributed by atoms with van der Waals surface area (Å²) in [5.74, 6) is -0.122. The molecule has 1 fully saturated rings. The van der Waals surface area contributed by atoms with Crippen molar-refractivity contribution in [1.29, 1.82) is 0 Å². The maximum atomic E-state index is 12.3. The van der Waals surface area contributed by atoms with Gasteiger partial charge in [0.2, 0.25) is 5.91 Å². The van der Waals surface area contributed by atoms with Gasteiger partial charge in [-0.2, -0.15) is 0 Å². The number of para-hydroxylation sites is 2. The highest BCUT2D eigenvalue weighted by atomic mass is 16.2. The normalized spacial score (nSPS) is 14.8. The smallest absolute Gasteiger partial charge is 0.325 e. The van der Waals surface area contributed by atoms with Gasteiger partial charge >= 0.3 is 6.03 Å². The van der Waals surface area contributed by atoms with Crippen LogP contribution in [0.1, 0.15) is 13.3 Å². The molecule has 0 aromatic heterocycles. The zero-order valence-electron chi connectivity index (χ0n) is 11.6. The van der Waals surface area contributed by atoms with Gasteiger partial charge in [-0.25, -0.2) is 4.79 Å². The molecule has 0 spiro atoms. The third-order valence-corrected chi connectivity index (χ3v) is 3.23. The standard InChI is InChI=1S/C14H20N4O2/c1-2-7-16-13(19)10-17-8-9-18(14(17)20)12-6-4-3-5-11(12)15/h3-6H,2,7-10,15H2,1H3,(H,16,19). The highest BCUT2D eigenvalue weighted by Gasteiger charge is 2.31. The minimum atomic E-state index is -0.172. The number of carbonyl (C=O) groups is 2. The molecule has 6 nitrogen and oxygen atoms in total. The van der Waals surface area contributed by atoms with Crippen molar-refractivity contribution >= 4 is 23.3 Å². The zero-order chi connectivity index (χ0) is 14.5. The fourth-order valence-electron chi connectivity index (χ4n) is 2.18. The Bertz CT molecular complexity index is 504. The molecule has 3 N–H and O–H groups in total. The third-order valence-electron chi connectivity index (χ3n) is 3.23. The Labute approximate surface area is 118 Å². The van der Waals surface area contributed by atoms with Crippen LogP contribution in [-0.2, 0) is 4.79 Å². The molecule has 1 heterocycles. The molecule has 6 heteroatoms. The summed E-state index contributed by atoms with van der Waals surface area (Å²) in [5.41, 5.74) is 7.15. The molecule has 2 rings (SSSR count). The van der Waals surface area contributed by atoms with Crippen molar-refractivity contribution in [1.82, 2.24) is 10.2 Å². The number of benzene rings is 1. The molecule has 0 aliphatic carbocycles. The van der Waals surface area contributed by atoms with Crippen LogP contribution in [0.25, 0.3) is 0 Å². The molecule has 0 radical (unpaired) electrons. The summed E-state index contributed by atoms with van der Waals surface area (Å²) < 4.78 is 0. The number of nitrogens with zero attached hydrogens (tertiary/aromatic N) is 2. The van der Waals surface area contributed by atoms with Crippen LogP contribution >= 0.6 is 0 Å². The second-order valence-corrected chi connectivity index (χ2v) is 4.76. The van der Waals surface area contributed by atoms with Gasteiger partial charge in [-0.3, -0.25) is 9.69 Å². The Morgan fingerprint density at radius 2 is 2.10 bits per heavy atom. The minimum Gasteiger partial charge on any atom is -0.397 e. The summed E-state index contributed by atoms with van der Waals surface area (Å²) >= 11 is 0. The van der Waals surface area contributed by atoms with E-state index in [4.69, 9.17) is 5.73 Å². The van der Waals surface area contributed by atoms with Gasteiger partial charge in [0.15, 0.2) is 0 Å². The van der Waals surface area contributed by atoms with Crippen molar-refractivity contribution in [3.8, 4) is 0 Å². The predicted molar refractivity (Wildman–Crippen MR) is 78.5 cm³/mol. The fraction of sp³-hybridized carbons (Fsp3) is 0.429. The lowest BCUT2D eigenvalue weighted by atomic mass is 10.2. The van der Waals surface area contributed by atoms with Gasteiger partial charge in [0.1, 0.15) is 6.54 Å². The van der Waals surface area contributed by atoms with E-state index in [1.54, 1.807) is 11.0 Å². The van der Waals surface area contributed by atoms with E-state index in [2.05, 4.69) is 5.32 Å². The van der Waals surface area contributed by atoms with E-state index in [9.17, 15) is 9.59 Å². The number of urea groups is 1. The number of hydrogen-bond acceptors (Lipinski definition) is 3. The van der Waals surface area contributed by atoms with Crippen LogP contribution in [0.15, 0.2) is 24.3 Å². The summed E-state index contributed by atoms with van der Waals surface area (Å²) in [5, 5.41) is 2.77. The molecule has 0 atom stereocenters. The topological polar surface area (TPSA) is 78.7 Å². The van der Waals surface area contributed by atoms with Crippen molar-refractivity contribution in [2.45, 2.75) is 13.3 Å². The maximum Gasteiger partial charge on any atom is 0.325 e. The first-order chi connectivity index (χ1) is 9.63. The average Bonchev–Trinajstić information content (AvgIpc) is 2.79. The summed E-state index contributed by atoms with van der Waals surface area (Å²) in [4.78, 5) is 27.1. The van der Waals surface area contributed by atoms with E-state index in [0.29, 0.717) is 31.0 Å². The average molecular weight is 276 g/mol. The van der Waals surface area contributed by atoms with Gasteiger partial charge in [0.25, 0.3) is 0 Å². The highest BCUT2D eigenvalue weighted by molar-refractivity contribution is 5.98. The fourth-order valence-corrected chi connectivity index (χ4v) is 2.18. The molecule has 20 heavy (non-hydrogen) atoms. The van der Waals surface area contributed by atoms with E-state index < -0.39 is 0 Å². The molecule has 1 aliphatic rings. The van der Waals surface area contributed by atoms with Crippen LogP contribution in [0.4, 0.5) is 16.2 Å². The van der Waals surface area contributed by atoms with E-state index in [-0.39, 0.29) is 18.5 Å². The lowest BCUT2D eigenvalue weighted by molar-refractivity contribution is -0.121. The molecule has 1 aromatic rings. The molecular weight excluding hydrogens is 256 g/mol. The second-order valence-electron chi connectivity index (χ2n) is 4.76. The Kier molecular flexibility index (Phi) is 4.45. The Morgan fingerprint density at radius 3 is 2.80 bits per heavy atom. The summed E-state index contributed by atoms with van der Waals surface area (Å²) in [6.45, 7) is 3.81. The van der Waals surface area contributed by atoms with Crippen LogP contribution in [-0.4, -0.2) is 43.0 Å². The number of amides is 3. The van der Waals surface area contributed by atoms with Gasteiger partial charge < -0.3 is 16.0 Å². The van der Waals surface area contributed by atoms with Crippen molar-refractivity contribution in [2.75, 3.05) is 36.8 Å². The van der Waals surface area contributed by atoms with Gasteiger partial charge in [0.05, 0.1) is 11.4 Å². The van der Waals surface area contributed by atoms with Crippen molar-refractivity contribution in [2.24, 2.45) is 0 Å². The quantitative estimate of drug-likeness (QED) is 0.789. The molecule has 1 aromatic carbocycles. The Balaban J connectivity index is 1.99. The highest BCUT2D eigenvalue weighted by Crippen LogP contribution is 2.25. The van der Waals surface area contributed by atoms with Gasteiger partial charge in [-0.15, -0.1) is 0 Å². The lowest BCUT2D eigenvalue weighted by Gasteiger charge is -2.19. The number of rotatable bonds is 5. The van der Waals surface area contributed by atoms with Crippen molar-refractivity contribution in [3.05, 3.63) is 24.3 Å². The predicted octanol–water partition coefficient (Wildman–Crippen LogP) is 1.04. The van der Waals surface area contributed by atoms with Gasteiger partial charge in [-0.1, -0.05) is 19.1 Å². The first kappa shape index (κ1) is 14.2. The van der Waals surface area contributed by atoms with Crippen molar-refractivity contribution in [3.63, 3.8) is 0 Å².